The Kier molecular flexibility index (Phi) is 8.02. The zero-order valence-corrected chi connectivity index (χ0v) is 24.1. The van der Waals surface area contributed by atoms with Crippen LogP contribution >= 0.6 is 0 Å². The molecule has 2 aromatic carbocycles. The van der Waals surface area contributed by atoms with E-state index in [2.05, 4.69) is 72.0 Å². The SMILES string of the molecule is CCc1[nH]nc2cccc(-c3nc(C)c(COc4cc(C(C)C)ccc4C)c(N4CCN(CC(N)=O)CC4)n3)c12. The molecule has 0 saturated carbocycles. The van der Waals surface area contributed by atoms with Gasteiger partial charge in [-0.05, 0) is 49.4 Å². The maximum atomic E-state index is 11.5. The Morgan fingerprint density at radius 3 is 2.58 bits per heavy atom. The van der Waals surface area contributed by atoms with Gasteiger partial charge in [0, 0.05) is 42.8 Å². The number of benzene rings is 2. The number of H-pyrrole nitrogens is 1. The van der Waals surface area contributed by atoms with Crippen LogP contribution < -0.4 is 15.4 Å². The number of nitrogens with zero attached hydrogens (tertiary/aromatic N) is 5. The zero-order valence-electron chi connectivity index (χ0n) is 24.1. The number of aromatic amines is 1. The minimum atomic E-state index is -0.304. The van der Waals surface area contributed by atoms with E-state index in [1.165, 1.54) is 5.56 Å². The summed E-state index contributed by atoms with van der Waals surface area (Å²) in [6.07, 6.45) is 0.835. The molecule has 4 aromatic rings. The number of amides is 1. The van der Waals surface area contributed by atoms with Crippen LogP contribution in [0.15, 0.2) is 36.4 Å². The van der Waals surface area contributed by atoms with Crippen LogP contribution in [0.1, 0.15) is 54.8 Å². The molecule has 9 nitrogen and oxygen atoms in total. The molecule has 9 heteroatoms. The lowest BCUT2D eigenvalue weighted by molar-refractivity contribution is -0.119. The fourth-order valence-electron chi connectivity index (χ4n) is 5.33. The molecular weight excluding hydrogens is 502 g/mol. The zero-order chi connectivity index (χ0) is 28.4. The summed E-state index contributed by atoms with van der Waals surface area (Å²) in [5, 5.41) is 8.73. The molecule has 1 amide bonds. The maximum absolute atomic E-state index is 11.5. The van der Waals surface area contributed by atoms with Gasteiger partial charge in [-0.15, -0.1) is 0 Å². The van der Waals surface area contributed by atoms with Gasteiger partial charge in [-0.2, -0.15) is 5.10 Å². The van der Waals surface area contributed by atoms with Crippen LogP contribution in [0.5, 0.6) is 5.75 Å². The Bertz CT molecular complexity index is 1520. The highest BCUT2D eigenvalue weighted by atomic mass is 16.5. The molecule has 1 aliphatic heterocycles. The van der Waals surface area contributed by atoms with Gasteiger partial charge >= 0.3 is 0 Å². The highest BCUT2D eigenvalue weighted by molar-refractivity contribution is 5.95. The summed E-state index contributed by atoms with van der Waals surface area (Å²) < 4.78 is 6.45. The van der Waals surface area contributed by atoms with Gasteiger partial charge in [0.15, 0.2) is 5.82 Å². The number of carbonyl (C=O) groups excluding carboxylic acids is 1. The minimum absolute atomic E-state index is 0.269. The van der Waals surface area contributed by atoms with Crippen molar-refractivity contribution >= 4 is 22.6 Å². The average molecular weight is 542 g/mol. The molecule has 0 bridgehead atoms. The average Bonchev–Trinajstić information content (AvgIpc) is 3.36. The Morgan fingerprint density at radius 2 is 1.88 bits per heavy atom. The van der Waals surface area contributed by atoms with Crippen molar-refractivity contribution in [1.82, 2.24) is 25.1 Å². The molecule has 5 rings (SSSR count). The molecule has 3 heterocycles. The normalized spacial score (nSPS) is 14.3. The first-order chi connectivity index (χ1) is 19.2. The molecule has 1 saturated heterocycles. The van der Waals surface area contributed by atoms with Gasteiger partial charge in [-0.3, -0.25) is 14.8 Å². The Labute approximate surface area is 235 Å². The van der Waals surface area contributed by atoms with E-state index in [9.17, 15) is 4.79 Å². The molecule has 0 atom stereocenters. The molecule has 0 aliphatic carbocycles. The molecule has 1 aliphatic rings. The summed E-state index contributed by atoms with van der Waals surface area (Å²) in [5.41, 5.74) is 12.6. The van der Waals surface area contributed by atoms with Crippen LogP contribution in [-0.2, 0) is 17.8 Å². The topological polar surface area (TPSA) is 113 Å². The summed E-state index contributed by atoms with van der Waals surface area (Å²) in [6, 6.07) is 12.5. The fourth-order valence-corrected chi connectivity index (χ4v) is 5.33. The summed E-state index contributed by atoms with van der Waals surface area (Å²) in [6.45, 7) is 14.1. The molecular formula is C31H39N7O2. The number of hydrogen-bond acceptors (Lipinski definition) is 7. The summed E-state index contributed by atoms with van der Waals surface area (Å²) >= 11 is 0. The third-order valence-corrected chi connectivity index (χ3v) is 7.74. The number of carbonyl (C=O) groups is 1. The van der Waals surface area contributed by atoms with Crippen LogP contribution in [0.3, 0.4) is 0 Å². The van der Waals surface area contributed by atoms with Crippen molar-refractivity contribution in [2.45, 2.75) is 53.6 Å². The molecule has 1 fully saturated rings. The van der Waals surface area contributed by atoms with Gasteiger partial charge in [0.05, 0.1) is 23.3 Å². The molecule has 0 spiro atoms. The van der Waals surface area contributed by atoms with Gasteiger partial charge in [-0.25, -0.2) is 9.97 Å². The number of aromatic nitrogens is 4. The van der Waals surface area contributed by atoms with Gasteiger partial charge in [-0.1, -0.05) is 45.0 Å². The number of aryl methyl sites for hydroxylation is 3. The van der Waals surface area contributed by atoms with E-state index in [-0.39, 0.29) is 12.5 Å². The first-order valence-corrected chi connectivity index (χ1v) is 14.1. The number of rotatable bonds is 9. The fraction of sp³-hybridized carbons (Fsp3) is 0.419. The maximum Gasteiger partial charge on any atom is 0.231 e. The summed E-state index contributed by atoms with van der Waals surface area (Å²) in [4.78, 5) is 26.0. The quantitative estimate of drug-likeness (QED) is 0.321. The predicted molar refractivity (Wildman–Crippen MR) is 159 cm³/mol. The predicted octanol–water partition coefficient (Wildman–Crippen LogP) is 4.51. The Balaban J connectivity index is 1.54. The number of hydrogen-bond donors (Lipinski definition) is 2. The third-order valence-electron chi connectivity index (χ3n) is 7.74. The second-order valence-corrected chi connectivity index (χ2v) is 10.9. The van der Waals surface area contributed by atoms with E-state index < -0.39 is 0 Å². The van der Waals surface area contributed by atoms with Crippen molar-refractivity contribution in [1.29, 1.82) is 0 Å². The van der Waals surface area contributed by atoms with Crippen molar-refractivity contribution in [3.63, 3.8) is 0 Å². The molecule has 0 radical (unpaired) electrons. The summed E-state index contributed by atoms with van der Waals surface area (Å²) in [7, 11) is 0. The smallest absolute Gasteiger partial charge is 0.231 e. The van der Waals surface area contributed by atoms with Crippen molar-refractivity contribution in [3.05, 3.63) is 64.5 Å². The molecule has 2 aromatic heterocycles. The van der Waals surface area contributed by atoms with Gasteiger partial charge in [0.2, 0.25) is 5.91 Å². The number of nitrogens with two attached hydrogens (primary N) is 1. The van der Waals surface area contributed by atoms with Crippen LogP contribution in [-0.4, -0.2) is 63.7 Å². The molecule has 0 unspecified atom stereocenters. The van der Waals surface area contributed by atoms with Crippen molar-refractivity contribution < 1.29 is 9.53 Å². The van der Waals surface area contributed by atoms with E-state index in [4.69, 9.17) is 20.4 Å². The number of piperazine rings is 1. The third kappa shape index (κ3) is 5.65. The van der Waals surface area contributed by atoms with Gasteiger partial charge in [0.25, 0.3) is 0 Å². The number of fused-ring (bicyclic) bond motifs is 1. The lowest BCUT2D eigenvalue weighted by atomic mass is 10.0. The van der Waals surface area contributed by atoms with Crippen LogP contribution in [0.4, 0.5) is 5.82 Å². The van der Waals surface area contributed by atoms with Crippen molar-refractivity contribution in [2.24, 2.45) is 5.73 Å². The first-order valence-electron chi connectivity index (χ1n) is 14.1. The summed E-state index contributed by atoms with van der Waals surface area (Å²) in [5.74, 6) is 2.54. The van der Waals surface area contributed by atoms with Crippen LogP contribution in [0, 0.1) is 13.8 Å². The van der Waals surface area contributed by atoms with Crippen LogP contribution in [0.25, 0.3) is 22.3 Å². The van der Waals surface area contributed by atoms with E-state index in [0.717, 1.165) is 83.1 Å². The number of nitrogens with one attached hydrogen (secondary N) is 1. The monoisotopic (exact) mass is 541 g/mol. The lowest BCUT2D eigenvalue weighted by Crippen LogP contribution is -2.49. The van der Waals surface area contributed by atoms with E-state index in [1.807, 2.05) is 19.1 Å². The Morgan fingerprint density at radius 1 is 1.10 bits per heavy atom. The minimum Gasteiger partial charge on any atom is -0.488 e. The largest absolute Gasteiger partial charge is 0.488 e. The first kappa shape index (κ1) is 27.6. The van der Waals surface area contributed by atoms with Crippen molar-refractivity contribution in [3.8, 4) is 17.1 Å². The van der Waals surface area contributed by atoms with Crippen LogP contribution in [0.2, 0.25) is 0 Å². The standard InChI is InChI=1S/C31H39N7O2/c1-6-25-29-23(8-7-9-26(29)36-35-25)30-33-21(5)24(18-40-27-16-22(19(2)3)11-10-20(27)4)31(34-30)38-14-12-37(13-15-38)17-28(32)39/h7-11,16,19H,6,12-15,17-18H2,1-5H3,(H2,32,39)(H,35,36). The second kappa shape index (κ2) is 11.6. The molecule has 3 N–H and O–H groups in total. The van der Waals surface area contributed by atoms with E-state index in [1.54, 1.807) is 0 Å². The van der Waals surface area contributed by atoms with Gasteiger partial charge < -0.3 is 15.4 Å². The molecule has 40 heavy (non-hydrogen) atoms. The number of ether oxygens (including phenoxy) is 1. The number of primary amides is 1. The van der Waals surface area contributed by atoms with E-state index >= 15 is 0 Å². The lowest BCUT2D eigenvalue weighted by Gasteiger charge is -2.36. The molecule has 210 valence electrons. The van der Waals surface area contributed by atoms with Gasteiger partial charge in [0.1, 0.15) is 18.2 Å². The number of anilines is 1. The highest BCUT2D eigenvalue weighted by Gasteiger charge is 2.25. The van der Waals surface area contributed by atoms with Crippen molar-refractivity contribution in [2.75, 3.05) is 37.6 Å². The second-order valence-electron chi connectivity index (χ2n) is 10.9. The van der Waals surface area contributed by atoms with E-state index in [0.29, 0.717) is 18.3 Å². The Hall–Kier alpha value is -3.98. The highest BCUT2D eigenvalue weighted by Crippen LogP contribution is 2.33.